The van der Waals surface area contributed by atoms with E-state index in [0.29, 0.717) is 22.6 Å². The first-order valence-corrected chi connectivity index (χ1v) is 14.2. The number of rotatable bonds is 5. The van der Waals surface area contributed by atoms with Gasteiger partial charge in [0.1, 0.15) is 17.2 Å². The van der Waals surface area contributed by atoms with Crippen LogP contribution in [0.1, 0.15) is 43.4 Å². The third-order valence-electron chi connectivity index (χ3n) is 8.60. The molecule has 3 aliphatic rings. The van der Waals surface area contributed by atoms with E-state index in [1.165, 1.54) is 0 Å². The summed E-state index contributed by atoms with van der Waals surface area (Å²) in [6, 6.07) is 27.9. The third kappa shape index (κ3) is 3.65. The standard InChI is InChI=1S/C34H25BrN2O4/c1-41-24-9-6-8-22(19-24)31(39)29-28(30(38)21-13-15-23(35)16-14-21)34(26-11-4-5-12-27(26)36-33(34)40)32-25-10-3-2-7-20(25)17-18-37(29)32/h2-19,28-29,32H,1H3,(H,36,40)/t28-,29+,32+,34+/m1/s1. The van der Waals surface area contributed by atoms with Gasteiger partial charge in [-0.2, -0.15) is 0 Å². The Balaban J connectivity index is 1.53. The topological polar surface area (TPSA) is 75.7 Å². The Morgan fingerprint density at radius 1 is 0.878 bits per heavy atom. The number of carbonyl (C=O) groups is 3. The molecular formula is C34H25BrN2O4. The van der Waals surface area contributed by atoms with Crippen molar-refractivity contribution in [1.29, 1.82) is 0 Å². The van der Waals surface area contributed by atoms with Gasteiger partial charge in [0.15, 0.2) is 11.6 Å². The lowest BCUT2D eigenvalue weighted by atomic mass is 9.62. The Morgan fingerprint density at radius 2 is 1.63 bits per heavy atom. The summed E-state index contributed by atoms with van der Waals surface area (Å²) in [5.41, 5.74) is 2.73. The van der Waals surface area contributed by atoms with Crippen molar-refractivity contribution in [3.05, 3.63) is 136 Å². The molecule has 0 bridgehead atoms. The van der Waals surface area contributed by atoms with Crippen LogP contribution in [-0.4, -0.2) is 35.5 Å². The molecule has 7 heteroatoms. The van der Waals surface area contributed by atoms with E-state index in [0.717, 1.165) is 21.2 Å². The second kappa shape index (κ2) is 9.56. The van der Waals surface area contributed by atoms with Crippen LogP contribution in [-0.2, 0) is 10.2 Å². The number of amides is 1. The predicted molar refractivity (Wildman–Crippen MR) is 160 cm³/mol. The first kappa shape index (κ1) is 25.5. The molecule has 3 heterocycles. The van der Waals surface area contributed by atoms with Crippen LogP contribution in [0.3, 0.4) is 0 Å². The van der Waals surface area contributed by atoms with E-state index in [2.05, 4.69) is 21.2 Å². The van der Waals surface area contributed by atoms with Gasteiger partial charge in [-0.3, -0.25) is 14.4 Å². The van der Waals surface area contributed by atoms with Crippen LogP contribution in [0.25, 0.3) is 6.08 Å². The van der Waals surface area contributed by atoms with E-state index in [-0.39, 0.29) is 17.5 Å². The molecule has 0 radical (unpaired) electrons. The summed E-state index contributed by atoms with van der Waals surface area (Å²) in [4.78, 5) is 45.8. The monoisotopic (exact) mass is 604 g/mol. The largest absolute Gasteiger partial charge is 0.497 e. The normalized spacial score (nSPS) is 23.5. The van der Waals surface area contributed by atoms with Gasteiger partial charge >= 0.3 is 0 Å². The number of halogens is 1. The minimum absolute atomic E-state index is 0.248. The lowest BCUT2D eigenvalue weighted by Crippen LogP contribution is -2.49. The highest BCUT2D eigenvalue weighted by Crippen LogP contribution is 2.62. The SMILES string of the molecule is COc1cccc(C(=O)[C@@H]2[C@H](C(=O)c3ccc(Br)cc3)[C@]3(C(=O)Nc4ccccc43)[C@@H]3c4ccccc4C=CN23)c1. The van der Waals surface area contributed by atoms with Gasteiger partial charge in [0, 0.05) is 27.5 Å². The summed E-state index contributed by atoms with van der Waals surface area (Å²) < 4.78 is 6.25. The molecule has 4 aromatic carbocycles. The summed E-state index contributed by atoms with van der Waals surface area (Å²) in [6.45, 7) is 0. The van der Waals surface area contributed by atoms with Crippen LogP contribution < -0.4 is 10.1 Å². The molecule has 0 saturated carbocycles. The number of hydrogen-bond acceptors (Lipinski definition) is 5. The number of carbonyl (C=O) groups excluding carboxylic acids is 3. The Bertz CT molecular complexity index is 1760. The number of para-hydroxylation sites is 1. The van der Waals surface area contributed by atoms with Gasteiger partial charge in [0.05, 0.1) is 19.1 Å². The van der Waals surface area contributed by atoms with Gasteiger partial charge in [-0.15, -0.1) is 0 Å². The lowest BCUT2D eigenvalue weighted by molar-refractivity contribution is -0.122. The molecule has 3 aliphatic heterocycles. The number of nitrogens with zero attached hydrogens (tertiary/aromatic N) is 1. The van der Waals surface area contributed by atoms with E-state index in [9.17, 15) is 14.4 Å². The zero-order chi connectivity index (χ0) is 28.3. The van der Waals surface area contributed by atoms with Gasteiger partial charge < -0.3 is 15.0 Å². The van der Waals surface area contributed by atoms with Crippen molar-refractivity contribution in [2.75, 3.05) is 12.4 Å². The van der Waals surface area contributed by atoms with Gasteiger partial charge in [0.2, 0.25) is 5.91 Å². The molecule has 41 heavy (non-hydrogen) atoms. The second-order valence-electron chi connectivity index (χ2n) is 10.6. The Kier molecular flexibility index (Phi) is 5.94. The van der Waals surface area contributed by atoms with E-state index < -0.39 is 23.4 Å². The molecule has 1 fully saturated rings. The zero-order valence-corrected chi connectivity index (χ0v) is 23.7. The maximum Gasteiger partial charge on any atom is 0.238 e. The first-order chi connectivity index (χ1) is 19.9. The van der Waals surface area contributed by atoms with E-state index in [4.69, 9.17) is 4.74 Å². The molecule has 4 aromatic rings. The van der Waals surface area contributed by atoms with Crippen LogP contribution in [0.5, 0.6) is 5.75 Å². The van der Waals surface area contributed by atoms with Gasteiger partial charge in [-0.05, 0) is 53.1 Å². The van der Waals surface area contributed by atoms with Crippen molar-refractivity contribution >= 4 is 45.2 Å². The Morgan fingerprint density at radius 3 is 2.44 bits per heavy atom. The van der Waals surface area contributed by atoms with Crippen LogP contribution >= 0.6 is 15.9 Å². The number of methoxy groups -OCH3 is 1. The second-order valence-corrected chi connectivity index (χ2v) is 11.5. The van der Waals surface area contributed by atoms with Gasteiger partial charge in [-0.25, -0.2) is 0 Å². The van der Waals surface area contributed by atoms with Crippen LogP contribution in [0.4, 0.5) is 5.69 Å². The highest BCUT2D eigenvalue weighted by atomic mass is 79.9. The number of ether oxygens (including phenoxy) is 1. The summed E-state index contributed by atoms with van der Waals surface area (Å²) in [7, 11) is 1.55. The Hall–Kier alpha value is -4.49. The van der Waals surface area contributed by atoms with E-state index in [1.807, 2.05) is 65.7 Å². The van der Waals surface area contributed by atoms with Crippen LogP contribution in [0.2, 0.25) is 0 Å². The molecule has 202 valence electrons. The molecule has 7 rings (SSSR count). The molecule has 1 saturated heterocycles. The molecule has 0 unspecified atom stereocenters. The highest BCUT2D eigenvalue weighted by Gasteiger charge is 2.70. The van der Waals surface area contributed by atoms with Crippen LogP contribution in [0.15, 0.2) is 108 Å². The first-order valence-electron chi connectivity index (χ1n) is 13.4. The summed E-state index contributed by atoms with van der Waals surface area (Å²) in [5.74, 6) is -1.27. The van der Waals surface area contributed by atoms with E-state index >= 15 is 0 Å². The number of hydrogen-bond donors (Lipinski definition) is 1. The maximum atomic E-state index is 14.8. The predicted octanol–water partition coefficient (Wildman–Crippen LogP) is 6.44. The molecule has 6 nitrogen and oxygen atoms in total. The number of anilines is 1. The van der Waals surface area contributed by atoms with Crippen molar-refractivity contribution in [3.8, 4) is 5.75 Å². The number of ketones is 2. The highest BCUT2D eigenvalue weighted by molar-refractivity contribution is 9.10. The van der Waals surface area contributed by atoms with Gasteiger partial charge in [-0.1, -0.05) is 82.7 Å². The van der Waals surface area contributed by atoms with Crippen molar-refractivity contribution < 1.29 is 19.1 Å². The number of Topliss-reactive ketones (excluding diaryl/α,β-unsaturated/α-hetero) is 2. The third-order valence-corrected chi connectivity index (χ3v) is 9.13. The summed E-state index contributed by atoms with van der Waals surface area (Å²) >= 11 is 3.46. The fourth-order valence-corrected chi connectivity index (χ4v) is 7.17. The van der Waals surface area contributed by atoms with Crippen molar-refractivity contribution in [2.24, 2.45) is 5.92 Å². The van der Waals surface area contributed by atoms with E-state index in [1.54, 1.807) is 55.6 Å². The van der Waals surface area contributed by atoms with Crippen LogP contribution in [0, 0.1) is 5.92 Å². The Labute approximate surface area is 245 Å². The molecular weight excluding hydrogens is 580 g/mol. The van der Waals surface area contributed by atoms with Crippen molar-refractivity contribution in [1.82, 2.24) is 4.90 Å². The molecule has 1 spiro atoms. The smallest absolute Gasteiger partial charge is 0.238 e. The molecule has 1 amide bonds. The lowest BCUT2D eigenvalue weighted by Gasteiger charge is -2.38. The average Bonchev–Trinajstić information content (AvgIpc) is 3.49. The van der Waals surface area contributed by atoms with Crippen molar-refractivity contribution in [3.63, 3.8) is 0 Å². The average molecular weight is 605 g/mol. The fraction of sp³-hybridized carbons (Fsp3) is 0.147. The summed E-state index contributed by atoms with van der Waals surface area (Å²) in [6.07, 6.45) is 3.83. The molecule has 1 N–H and O–H groups in total. The minimum Gasteiger partial charge on any atom is -0.497 e. The van der Waals surface area contributed by atoms with Gasteiger partial charge in [0.25, 0.3) is 0 Å². The minimum atomic E-state index is -1.36. The molecule has 0 aliphatic carbocycles. The number of benzene rings is 4. The fourth-order valence-electron chi connectivity index (χ4n) is 6.91. The summed E-state index contributed by atoms with van der Waals surface area (Å²) in [5, 5.41) is 3.08. The number of nitrogens with one attached hydrogen (secondary N) is 1. The quantitative estimate of drug-likeness (QED) is 0.265. The zero-order valence-electron chi connectivity index (χ0n) is 22.1. The maximum absolute atomic E-state index is 14.8. The molecule has 0 aromatic heterocycles. The van der Waals surface area contributed by atoms with Crippen molar-refractivity contribution in [2.45, 2.75) is 17.5 Å². The molecule has 4 atom stereocenters. The number of fused-ring (bicyclic) bond motifs is 6.